The maximum atomic E-state index is 12.1. The molecule has 6 nitrogen and oxygen atoms in total. The van der Waals surface area contributed by atoms with Crippen LogP contribution in [0.15, 0.2) is 53.5 Å². The Morgan fingerprint density at radius 2 is 1.81 bits per heavy atom. The number of rotatable bonds is 3. The molecule has 0 bridgehead atoms. The van der Waals surface area contributed by atoms with Crippen LogP contribution < -0.4 is 16.0 Å². The van der Waals surface area contributed by atoms with Crippen molar-refractivity contribution in [3.63, 3.8) is 0 Å². The lowest BCUT2D eigenvalue weighted by atomic mass is 9.86. The second kappa shape index (κ2) is 7.40. The minimum Gasteiger partial charge on any atom is -0.381 e. The number of hydrogen-bond donors (Lipinski definition) is 3. The number of hydrogen-bond acceptors (Lipinski definition) is 4. The van der Waals surface area contributed by atoms with Crippen LogP contribution in [0.1, 0.15) is 28.8 Å². The molecule has 1 fully saturated rings. The Morgan fingerprint density at radius 1 is 1.11 bits per heavy atom. The van der Waals surface area contributed by atoms with Crippen molar-refractivity contribution in [3.05, 3.63) is 59.7 Å². The summed E-state index contributed by atoms with van der Waals surface area (Å²) in [6.45, 7) is 1.84. The van der Waals surface area contributed by atoms with Crippen molar-refractivity contribution in [2.45, 2.75) is 24.9 Å². The molecule has 1 saturated heterocycles. The maximum absolute atomic E-state index is 12.1. The van der Waals surface area contributed by atoms with Gasteiger partial charge in [-0.05, 0) is 23.8 Å². The number of anilines is 2. The highest BCUT2D eigenvalue weighted by Crippen LogP contribution is 2.36. The Hall–Kier alpha value is -2.86. The second-order valence-electron chi connectivity index (χ2n) is 6.89. The number of nitrogens with one attached hydrogen (secondary N) is 3. The van der Waals surface area contributed by atoms with Gasteiger partial charge in [-0.1, -0.05) is 30.3 Å². The van der Waals surface area contributed by atoms with Gasteiger partial charge in [0.15, 0.2) is 0 Å². The molecule has 140 valence electrons. The lowest BCUT2D eigenvalue weighted by Crippen LogP contribution is -2.55. The number of amidine groups is 1. The van der Waals surface area contributed by atoms with E-state index in [2.05, 4.69) is 22.0 Å². The third kappa shape index (κ3) is 3.40. The van der Waals surface area contributed by atoms with Crippen molar-refractivity contribution in [3.8, 4) is 0 Å². The van der Waals surface area contributed by atoms with E-state index in [0.717, 1.165) is 35.6 Å². The summed E-state index contributed by atoms with van der Waals surface area (Å²) in [4.78, 5) is 17.1. The van der Waals surface area contributed by atoms with Crippen LogP contribution in [0.2, 0.25) is 0 Å². The third-order valence-electron chi connectivity index (χ3n) is 5.25. The van der Waals surface area contributed by atoms with E-state index in [1.54, 1.807) is 7.05 Å². The Kier molecular flexibility index (Phi) is 4.81. The Morgan fingerprint density at radius 3 is 2.59 bits per heavy atom. The molecule has 1 spiro atoms. The predicted octanol–water partition coefficient (Wildman–Crippen LogP) is 3.03. The summed E-state index contributed by atoms with van der Waals surface area (Å²) >= 11 is 0. The van der Waals surface area contributed by atoms with Gasteiger partial charge in [0.1, 0.15) is 5.84 Å². The van der Waals surface area contributed by atoms with E-state index in [0.29, 0.717) is 25.3 Å². The van der Waals surface area contributed by atoms with Gasteiger partial charge in [-0.25, -0.2) is 0 Å². The standard InChI is InChI=1S/C21H24N4O2/c1-22-19(26)16-7-3-2-6-15(16)14-23-20-21(10-12-27-13-11-21)25-18-9-5-4-8-17(18)24-20/h2-9,25H,10-14H2,1H3,(H,22,26)(H,23,24). The lowest BCUT2D eigenvalue weighted by molar-refractivity contribution is 0.0778. The molecule has 1 amide bonds. The van der Waals surface area contributed by atoms with Crippen molar-refractivity contribution in [2.24, 2.45) is 4.99 Å². The summed E-state index contributed by atoms with van der Waals surface area (Å²) in [5.74, 6) is 0.822. The van der Waals surface area contributed by atoms with Gasteiger partial charge in [0.05, 0.1) is 23.5 Å². The van der Waals surface area contributed by atoms with Crippen LogP contribution in [0.25, 0.3) is 0 Å². The lowest BCUT2D eigenvalue weighted by Gasteiger charge is -2.43. The van der Waals surface area contributed by atoms with Gasteiger partial charge in [-0.15, -0.1) is 0 Å². The van der Waals surface area contributed by atoms with Crippen LogP contribution in [0.4, 0.5) is 11.4 Å². The quantitative estimate of drug-likeness (QED) is 0.783. The number of carbonyl (C=O) groups is 1. The number of para-hydroxylation sites is 2. The van der Waals surface area contributed by atoms with Crippen LogP contribution >= 0.6 is 0 Å². The molecule has 2 aromatic rings. The first-order valence-corrected chi connectivity index (χ1v) is 9.29. The minimum absolute atomic E-state index is 0.0911. The Labute approximate surface area is 159 Å². The predicted molar refractivity (Wildman–Crippen MR) is 107 cm³/mol. The summed E-state index contributed by atoms with van der Waals surface area (Å²) in [5, 5.41) is 9.91. The number of aliphatic imine (C=N–C) groups is 1. The fraction of sp³-hybridized carbons (Fsp3) is 0.333. The number of carbonyl (C=O) groups excluding carboxylic acids is 1. The largest absolute Gasteiger partial charge is 0.381 e. The molecular formula is C21H24N4O2. The van der Waals surface area contributed by atoms with Gasteiger partial charge in [0.2, 0.25) is 0 Å². The van der Waals surface area contributed by atoms with Gasteiger partial charge >= 0.3 is 0 Å². The minimum atomic E-state index is -0.255. The molecule has 2 aliphatic heterocycles. The maximum Gasteiger partial charge on any atom is 0.251 e. The van der Waals surface area contributed by atoms with Crippen LogP contribution in [0.3, 0.4) is 0 Å². The highest BCUT2D eigenvalue weighted by Gasteiger charge is 2.41. The molecule has 27 heavy (non-hydrogen) atoms. The van der Waals surface area contributed by atoms with Gasteiger partial charge < -0.3 is 20.7 Å². The number of benzene rings is 2. The van der Waals surface area contributed by atoms with E-state index in [4.69, 9.17) is 9.73 Å². The average molecular weight is 364 g/mol. The van der Waals surface area contributed by atoms with Gasteiger partial charge in [-0.2, -0.15) is 0 Å². The van der Waals surface area contributed by atoms with Crippen molar-refractivity contribution < 1.29 is 9.53 Å². The molecule has 6 heteroatoms. The Balaban J connectivity index is 1.68. The van der Waals surface area contributed by atoms with Crippen molar-refractivity contribution in [2.75, 3.05) is 30.9 Å². The number of fused-ring (bicyclic) bond motifs is 1. The highest BCUT2D eigenvalue weighted by molar-refractivity contribution is 6.09. The summed E-state index contributed by atoms with van der Waals surface area (Å²) in [5.41, 5.74) is 3.42. The normalized spacial score (nSPS) is 19.1. The molecule has 0 aliphatic carbocycles. The smallest absolute Gasteiger partial charge is 0.251 e. The molecule has 2 heterocycles. The molecule has 0 radical (unpaired) electrons. The fourth-order valence-corrected chi connectivity index (χ4v) is 3.72. The number of nitrogens with zero attached hydrogens (tertiary/aromatic N) is 1. The monoisotopic (exact) mass is 364 g/mol. The summed E-state index contributed by atoms with van der Waals surface area (Å²) in [6.07, 6.45) is 1.70. The third-order valence-corrected chi connectivity index (χ3v) is 5.25. The first-order valence-electron chi connectivity index (χ1n) is 9.29. The average Bonchev–Trinajstić information content (AvgIpc) is 2.72. The zero-order valence-electron chi connectivity index (χ0n) is 15.4. The zero-order chi connectivity index (χ0) is 18.7. The van der Waals surface area contributed by atoms with E-state index >= 15 is 0 Å². The second-order valence-corrected chi connectivity index (χ2v) is 6.89. The molecule has 0 aromatic heterocycles. The molecule has 0 atom stereocenters. The van der Waals surface area contributed by atoms with Crippen LogP contribution in [0, 0.1) is 0 Å². The van der Waals surface area contributed by atoms with Gasteiger partial charge in [0, 0.05) is 38.7 Å². The zero-order valence-corrected chi connectivity index (χ0v) is 15.4. The summed E-state index contributed by atoms with van der Waals surface area (Å²) < 4.78 is 5.59. The van der Waals surface area contributed by atoms with Gasteiger partial charge in [0.25, 0.3) is 5.91 Å². The number of amides is 1. The van der Waals surface area contributed by atoms with E-state index in [9.17, 15) is 4.79 Å². The molecule has 3 N–H and O–H groups in total. The first-order chi connectivity index (χ1) is 13.2. The summed E-state index contributed by atoms with van der Waals surface area (Å²) in [7, 11) is 1.64. The molecule has 0 saturated carbocycles. The summed E-state index contributed by atoms with van der Waals surface area (Å²) in [6, 6.07) is 15.8. The molecule has 4 rings (SSSR count). The van der Waals surface area contributed by atoms with Crippen molar-refractivity contribution >= 4 is 23.1 Å². The molecule has 2 aromatic carbocycles. The van der Waals surface area contributed by atoms with Crippen molar-refractivity contribution in [1.29, 1.82) is 0 Å². The van der Waals surface area contributed by atoms with Gasteiger partial charge in [-0.3, -0.25) is 9.79 Å². The van der Waals surface area contributed by atoms with Crippen LogP contribution in [-0.2, 0) is 11.3 Å². The van der Waals surface area contributed by atoms with Crippen LogP contribution in [0.5, 0.6) is 0 Å². The van der Waals surface area contributed by atoms with Crippen LogP contribution in [-0.4, -0.2) is 37.5 Å². The van der Waals surface area contributed by atoms with E-state index < -0.39 is 0 Å². The van der Waals surface area contributed by atoms with Crippen molar-refractivity contribution in [1.82, 2.24) is 5.32 Å². The SMILES string of the molecule is CNC(=O)c1ccccc1CN=C1Nc2ccccc2NC12CCOCC2. The van der Waals surface area contributed by atoms with E-state index in [1.807, 2.05) is 42.5 Å². The highest BCUT2D eigenvalue weighted by atomic mass is 16.5. The van der Waals surface area contributed by atoms with E-state index in [1.165, 1.54) is 0 Å². The molecular weight excluding hydrogens is 340 g/mol. The number of ether oxygens (including phenoxy) is 1. The first kappa shape index (κ1) is 17.5. The molecule has 2 aliphatic rings. The fourth-order valence-electron chi connectivity index (χ4n) is 3.72. The van der Waals surface area contributed by atoms with E-state index in [-0.39, 0.29) is 11.4 Å². The Bertz CT molecular complexity index is 872. The topological polar surface area (TPSA) is 74.8 Å². The molecule has 0 unspecified atom stereocenters.